The Bertz CT molecular complexity index is 1210. The van der Waals surface area contributed by atoms with Gasteiger partial charge in [-0.2, -0.15) is 0 Å². The first-order chi connectivity index (χ1) is 14.2. The summed E-state index contributed by atoms with van der Waals surface area (Å²) in [6.45, 7) is 2.24. The molecule has 3 N–H and O–H groups in total. The fourth-order valence-electron chi connectivity index (χ4n) is 3.46. The second-order valence-corrected chi connectivity index (χ2v) is 6.93. The molecule has 6 nitrogen and oxygen atoms in total. The first-order valence-electron chi connectivity index (χ1n) is 9.33. The van der Waals surface area contributed by atoms with Gasteiger partial charge in [0.15, 0.2) is 11.5 Å². The van der Waals surface area contributed by atoms with Crippen LogP contribution in [-0.2, 0) is 0 Å². The van der Waals surface area contributed by atoms with Crippen molar-refractivity contribution < 1.29 is 14.3 Å². The molecule has 0 saturated carbocycles. The third-order valence-electron chi connectivity index (χ3n) is 4.92. The van der Waals surface area contributed by atoms with Crippen LogP contribution in [0.1, 0.15) is 5.56 Å². The van der Waals surface area contributed by atoms with Crippen LogP contribution >= 0.6 is 0 Å². The predicted molar refractivity (Wildman–Crippen MR) is 114 cm³/mol. The van der Waals surface area contributed by atoms with Crippen LogP contribution in [0.25, 0.3) is 22.2 Å². The van der Waals surface area contributed by atoms with Crippen LogP contribution < -0.4 is 20.1 Å². The molecule has 1 aliphatic rings. The molecular formula is C23H19N3O3. The van der Waals surface area contributed by atoms with Gasteiger partial charge in [0.2, 0.25) is 6.79 Å². The van der Waals surface area contributed by atoms with Crippen molar-refractivity contribution in [3.05, 3.63) is 72.3 Å². The molecule has 0 saturated heterocycles. The van der Waals surface area contributed by atoms with Gasteiger partial charge in [0, 0.05) is 28.2 Å². The number of urea groups is 1. The Morgan fingerprint density at radius 3 is 2.59 bits per heavy atom. The maximum Gasteiger partial charge on any atom is 0.323 e. The second kappa shape index (κ2) is 6.91. The number of nitrogens with one attached hydrogen (secondary N) is 3. The molecule has 1 aromatic heterocycles. The van der Waals surface area contributed by atoms with E-state index in [1.54, 1.807) is 18.2 Å². The summed E-state index contributed by atoms with van der Waals surface area (Å²) >= 11 is 0. The van der Waals surface area contributed by atoms with E-state index in [4.69, 9.17) is 9.47 Å². The number of hydrogen-bond donors (Lipinski definition) is 3. The predicted octanol–water partition coefficient (Wildman–Crippen LogP) is 5.52. The molecule has 0 atom stereocenters. The highest BCUT2D eigenvalue weighted by Gasteiger charge is 2.17. The molecule has 29 heavy (non-hydrogen) atoms. The Morgan fingerprint density at radius 1 is 0.931 bits per heavy atom. The number of carbonyl (C=O) groups is 1. The standard InChI is InChI=1S/C23H19N3O3/c1-14-6-8-15(9-7-14)21-22(17-4-2-3-5-18(17)25-21)26-23(27)24-16-10-11-19-20(12-16)29-13-28-19/h2-12,25H,13H2,1H3,(H2,24,26,27). The number of hydrogen-bond acceptors (Lipinski definition) is 3. The van der Waals surface area contributed by atoms with E-state index in [0.29, 0.717) is 17.2 Å². The third-order valence-corrected chi connectivity index (χ3v) is 4.92. The molecule has 3 aromatic carbocycles. The zero-order chi connectivity index (χ0) is 19.8. The van der Waals surface area contributed by atoms with Crippen molar-refractivity contribution in [2.45, 2.75) is 6.92 Å². The zero-order valence-electron chi connectivity index (χ0n) is 15.8. The average Bonchev–Trinajstić information content (AvgIpc) is 3.33. The molecule has 0 spiro atoms. The molecule has 6 heteroatoms. The van der Waals surface area contributed by atoms with Crippen LogP contribution in [0.4, 0.5) is 16.2 Å². The summed E-state index contributed by atoms with van der Waals surface area (Å²) in [6, 6.07) is 21.1. The van der Waals surface area contributed by atoms with Gasteiger partial charge < -0.3 is 25.1 Å². The van der Waals surface area contributed by atoms with Gasteiger partial charge >= 0.3 is 6.03 Å². The highest BCUT2D eigenvalue weighted by molar-refractivity contribution is 6.10. The van der Waals surface area contributed by atoms with Gasteiger partial charge in [-0.1, -0.05) is 48.0 Å². The van der Waals surface area contributed by atoms with Crippen LogP contribution in [0.5, 0.6) is 11.5 Å². The summed E-state index contributed by atoms with van der Waals surface area (Å²) in [5.41, 5.74) is 5.38. The summed E-state index contributed by atoms with van der Waals surface area (Å²) in [5, 5.41) is 6.82. The Labute approximate surface area is 167 Å². The highest BCUT2D eigenvalue weighted by atomic mass is 16.7. The molecule has 5 rings (SSSR count). The van der Waals surface area contributed by atoms with Gasteiger partial charge in [0.25, 0.3) is 0 Å². The lowest BCUT2D eigenvalue weighted by atomic mass is 10.1. The van der Waals surface area contributed by atoms with Crippen molar-refractivity contribution in [2.75, 3.05) is 17.4 Å². The second-order valence-electron chi connectivity index (χ2n) is 6.93. The van der Waals surface area contributed by atoms with E-state index in [1.165, 1.54) is 5.56 Å². The maximum absolute atomic E-state index is 12.8. The Balaban J connectivity index is 1.46. The molecule has 0 aliphatic carbocycles. The number of amides is 2. The van der Waals surface area contributed by atoms with Crippen molar-refractivity contribution in [3.63, 3.8) is 0 Å². The molecule has 0 fully saturated rings. The van der Waals surface area contributed by atoms with Crippen LogP contribution in [-0.4, -0.2) is 17.8 Å². The smallest absolute Gasteiger partial charge is 0.323 e. The van der Waals surface area contributed by atoms with Gasteiger partial charge in [-0.25, -0.2) is 4.79 Å². The number of anilines is 2. The van der Waals surface area contributed by atoms with Crippen LogP contribution in [0.2, 0.25) is 0 Å². The van der Waals surface area contributed by atoms with E-state index < -0.39 is 0 Å². The number of aryl methyl sites for hydroxylation is 1. The number of H-pyrrole nitrogens is 1. The third kappa shape index (κ3) is 3.25. The number of ether oxygens (including phenoxy) is 2. The highest BCUT2D eigenvalue weighted by Crippen LogP contribution is 2.36. The normalized spacial score (nSPS) is 12.2. The van der Waals surface area contributed by atoms with E-state index in [1.807, 2.05) is 43.3 Å². The summed E-state index contributed by atoms with van der Waals surface area (Å²) < 4.78 is 10.7. The van der Waals surface area contributed by atoms with E-state index in [-0.39, 0.29) is 12.8 Å². The van der Waals surface area contributed by atoms with Gasteiger partial charge in [-0.3, -0.25) is 0 Å². The number of aromatic amines is 1. The van der Waals surface area contributed by atoms with Crippen LogP contribution in [0.3, 0.4) is 0 Å². The van der Waals surface area contributed by atoms with E-state index in [0.717, 1.165) is 27.8 Å². The van der Waals surface area contributed by atoms with Crippen molar-refractivity contribution in [3.8, 4) is 22.8 Å². The first kappa shape index (κ1) is 17.2. The van der Waals surface area contributed by atoms with Crippen LogP contribution in [0, 0.1) is 6.92 Å². The topological polar surface area (TPSA) is 75.4 Å². The molecule has 4 aromatic rings. The number of aromatic nitrogens is 1. The number of fused-ring (bicyclic) bond motifs is 2. The number of carbonyl (C=O) groups excluding carboxylic acids is 1. The Morgan fingerprint density at radius 2 is 1.72 bits per heavy atom. The van der Waals surface area contributed by atoms with E-state index >= 15 is 0 Å². The van der Waals surface area contributed by atoms with Gasteiger partial charge in [0.05, 0.1) is 11.4 Å². The summed E-state index contributed by atoms with van der Waals surface area (Å²) in [4.78, 5) is 16.2. The quantitative estimate of drug-likeness (QED) is 0.435. The van der Waals surface area contributed by atoms with Crippen molar-refractivity contribution in [1.29, 1.82) is 0 Å². The van der Waals surface area contributed by atoms with Gasteiger partial charge in [-0.05, 0) is 25.1 Å². The van der Waals surface area contributed by atoms with Crippen molar-refractivity contribution >= 4 is 28.3 Å². The molecule has 2 heterocycles. The largest absolute Gasteiger partial charge is 0.454 e. The molecule has 0 unspecified atom stereocenters. The lowest BCUT2D eigenvalue weighted by Crippen LogP contribution is -2.19. The van der Waals surface area contributed by atoms with Crippen molar-refractivity contribution in [2.24, 2.45) is 0 Å². The van der Waals surface area contributed by atoms with Gasteiger partial charge in [-0.15, -0.1) is 0 Å². The molecule has 1 aliphatic heterocycles. The molecular weight excluding hydrogens is 366 g/mol. The number of rotatable bonds is 3. The monoisotopic (exact) mass is 385 g/mol. The molecule has 0 bridgehead atoms. The Hall–Kier alpha value is -3.93. The van der Waals surface area contributed by atoms with Crippen LogP contribution in [0.15, 0.2) is 66.7 Å². The SMILES string of the molecule is Cc1ccc(-c2[nH]c3ccccc3c2NC(=O)Nc2ccc3c(c2)OCO3)cc1. The summed E-state index contributed by atoms with van der Waals surface area (Å²) in [5.74, 6) is 1.30. The molecule has 2 amide bonds. The molecule has 0 radical (unpaired) electrons. The minimum atomic E-state index is -0.331. The lowest BCUT2D eigenvalue weighted by Gasteiger charge is -2.10. The lowest BCUT2D eigenvalue weighted by molar-refractivity contribution is 0.174. The fraction of sp³-hybridized carbons (Fsp3) is 0.0870. The average molecular weight is 385 g/mol. The van der Waals surface area contributed by atoms with Crippen molar-refractivity contribution in [1.82, 2.24) is 4.98 Å². The summed E-state index contributed by atoms with van der Waals surface area (Å²) in [7, 11) is 0. The van der Waals surface area contributed by atoms with E-state index in [9.17, 15) is 4.79 Å². The Kier molecular flexibility index (Phi) is 4.09. The molecule has 144 valence electrons. The summed E-state index contributed by atoms with van der Waals surface area (Å²) in [6.07, 6.45) is 0. The first-order valence-corrected chi connectivity index (χ1v) is 9.33. The zero-order valence-corrected chi connectivity index (χ0v) is 15.8. The fourth-order valence-corrected chi connectivity index (χ4v) is 3.46. The minimum absolute atomic E-state index is 0.195. The maximum atomic E-state index is 12.8. The minimum Gasteiger partial charge on any atom is -0.454 e. The number of para-hydroxylation sites is 1. The number of benzene rings is 3. The van der Waals surface area contributed by atoms with E-state index in [2.05, 4.69) is 27.8 Å². The van der Waals surface area contributed by atoms with Gasteiger partial charge in [0.1, 0.15) is 0 Å².